The van der Waals surface area contributed by atoms with Crippen molar-refractivity contribution in [3.63, 3.8) is 0 Å². The molecule has 0 aliphatic carbocycles. The van der Waals surface area contributed by atoms with Gasteiger partial charge in [0.2, 0.25) is 5.91 Å². The highest BCUT2D eigenvalue weighted by molar-refractivity contribution is 7.92. The van der Waals surface area contributed by atoms with Gasteiger partial charge in [-0.25, -0.2) is 8.42 Å². The number of sulfonamides is 1. The molecule has 3 aromatic rings. The Kier molecular flexibility index (Phi) is 7.78. The Balaban J connectivity index is 1.60. The Hall–Kier alpha value is -3.72. The highest BCUT2D eigenvalue weighted by Crippen LogP contribution is 2.27. The van der Waals surface area contributed by atoms with Crippen molar-refractivity contribution in [1.82, 2.24) is 5.32 Å². The normalized spacial score (nSPS) is 10.9. The lowest BCUT2D eigenvalue weighted by molar-refractivity contribution is -0.119. The number of para-hydroxylation sites is 1. The van der Waals surface area contributed by atoms with E-state index in [4.69, 9.17) is 9.47 Å². The molecular weight excluding hydrogens is 442 g/mol. The van der Waals surface area contributed by atoms with Gasteiger partial charge in [-0.1, -0.05) is 30.3 Å². The summed E-state index contributed by atoms with van der Waals surface area (Å²) in [6.45, 7) is 0.308. The van der Waals surface area contributed by atoms with E-state index >= 15 is 0 Å². The number of rotatable bonds is 10. The van der Waals surface area contributed by atoms with Crippen molar-refractivity contribution in [2.75, 3.05) is 37.4 Å². The van der Waals surface area contributed by atoms with Gasteiger partial charge in [0.1, 0.15) is 0 Å². The number of carbonyl (C=O) groups excluding carboxylic acids is 1. The fraction of sp³-hybridized carbons (Fsp3) is 0.208. The molecule has 0 radical (unpaired) electrons. The van der Waals surface area contributed by atoms with Crippen molar-refractivity contribution >= 4 is 27.3 Å². The molecule has 0 heterocycles. The third kappa shape index (κ3) is 5.95. The standard InChI is InChI=1S/C24H27N3O5S/c1-27(20-9-5-4-6-10-20)33(29,30)21-11-7-8-19(15-21)25-17-24(28)26-16-18-12-13-22(31-2)23(14-18)32-3/h4-15,25H,16-17H2,1-3H3,(H,26,28). The van der Waals surface area contributed by atoms with Crippen molar-refractivity contribution in [1.29, 1.82) is 0 Å². The van der Waals surface area contributed by atoms with Crippen LogP contribution in [0.4, 0.5) is 11.4 Å². The maximum absolute atomic E-state index is 13.0. The maximum atomic E-state index is 13.0. The number of ether oxygens (including phenoxy) is 2. The summed E-state index contributed by atoms with van der Waals surface area (Å²) in [6.07, 6.45) is 0. The summed E-state index contributed by atoms with van der Waals surface area (Å²) in [6, 6.07) is 20.6. The smallest absolute Gasteiger partial charge is 0.264 e. The summed E-state index contributed by atoms with van der Waals surface area (Å²) >= 11 is 0. The molecule has 3 aromatic carbocycles. The Labute approximate surface area is 194 Å². The molecule has 0 saturated heterocycles. The second-order valence-corrected chi connectivity index (χ2v) is 9.12. The molecule has 2 N–H and O–H groups in total. The number of benzene rings is 3. The van der Waals surface area contributed by atoms with Gasteiger partial charge in [0, 0.05) is 19.3 Å². The molecule has 0 atom stereocenters. The van der Waals surface area contributed by atoms with Gasteiger partial charge >= 0.3 is 0 Å². The van der Waals surface area contributed by atoms with Crippen LogP contribution in [0.15, 0.2) is 77.7 Å². The second kappa shape index (κ2) is 10.7. The summed E-state index contributed by atoms with van der Waals surface area (Å²) in [5.74, 6) is 0.960. The average molecular weight is 470 g/mol. The van der Waals surface area contributed by atoms with Gasteiger partial charge in [-0.2, -0.15) is 0 Å². The molecule has 0 fully saturated rings. The van der Waals surface area contributed by atoms with Gasteiger partial charge < -0.3 is 20.1 Å². The van der Waals surface area contributed by atoms with Crippen molar-refractivity contribution in [2.24, 2.45) is 0 Å². The van der Waals surface area contributed by atoms with Gasteiger partial charge in [0.05, 0.1) is 31.3 Å². The van der Waals surface area contributed by atoms with Crippen molar-refractivity contribution in [3.05, 3.63) is 78.4 Å². The van der Waals surface area contributed by atoms with Crippen LogP contribution in [0.25, 0.3) is 0 Å². The minimum absolute atomic E-state index is 0.00862. The van der Waals surface area contributed by atoms with E-state index in [0.717, 1.165) is 5.56 Å². The largest absolute Gasteiger partial charge is 0.493 e. The SMILES string of the molecule is COc1ccc(CNC(=O)CNc2cccc(S(=O)(=O)N(C)c3ccccc3)c2)cc1OC. The fourth-order valence-corrected chi connectivity index (χ4v) is 4.38. The summed E-state index contributed by atoms with van der Waals surface area (Å²) in [5, 5.41) is 5.79. The Morgan fingerprint density at radius 2 is 1.64 bits per heavy atom. The molecule has 0 unspecified atom stereocenters. The van der Waals surface area contributed by atoms with Crippen LogP contribution in [0.3, 0.4) is 0 Å². The number of nitrogens with one attached hydrogen (secondary N) is 2. The van der Waals surface area contributed by atoms with E-state index < -0.39 is 10.0 Å². The molecule has 3 rings (SSSR count). The number of carbonyl (C=O) groups is 1. The molecule has 1 amide bonds. The van der Waals surface area contributed by atoms with Crippen molar-refractivity contribution < 1.29 is 22.7 Å². The van der Waals surface area contributed by atoms with E-state index in [9.17, 15) is 13.2 Å². The molecule has 0 bridgehead atoms. The molecule has 0 aliphatic heterocycles. The van der Waals surface area contributed by atoms with E-state index in [-0.39, 0.29) is 17.3 Å². The summed E-state index contributed by atoms with van der Waals surface area (Å²) in [4.78, 5) is 12.4. The monoisotopic (exact) mass is 469 g/mol. The second-order valence-electron chi connectivity index (χ2n) is 7.16. The van der Waals surface area contributed by atoms with E-state index in [0.29, 0.717) is 29.4 Å². The molecule has 0 saturated carbocycles. The number of hydrogen-bond donors (Lipinski definition) is 2. The first-order valence-corrected chi connectivity index (χ1v) is 11.6. The van der Waals surface area contributed by atoms with Crippen LogP contribution < -0.4 is 24.4 Å². The molecule has 0 aromatic heterocycles. The predicted octanol–water partition coefficient (Wildman–Crippen LogP) is 3.26. The molecular formula is C24H27N3O5S. The van der Waals surface area contributed by atoms with Crippen molar-refractivity contribution in [3.8, 4) is 11.5 Å². The lowest BCUT2D eigenvalue weighted by Gasteiger charge is -2.20. The number of anilines is 2. The Morgan fingerprint density at radius 1 is 0.909 bits per heavy atom. The summed E-state index contributed by atoms with van der Waals surface area (Å²) < 4.78 is 37.7. The summed E-state index contributed by atoms with van der Waals surface area (Å²) in [7, 11) is 0.877. The van der Waals surface area contributed by atoms with Crippen LogP contribution in [0, 0.1) is 0 Å². The number of methoxy groups -OCH3 is 2. The zero-order valence-electron chi connectivity index (χ0n) is 18.7. The number of hydrogen-bond acceptors (Lipinski definition) is 6. The predicted molar refractivity (Wildman–Crippen MR) is 128 cm³/mol. The van der Waals surface area contributed by atoms with Crippen LogP contribution in [0.5, 0.6) is 11.5 Å². The lowest BCUT2D eigenvalue weighted by Crippen LogP contribution is -2.29. The van der Waals surface area contributed by atoms with Gasteiger partial charge in [0.25, 0.3) is 10.0 Å². The molecule has 0 spiro atoms. The van der Waals surface area contributed by atoms with Gasteiger partial charge in [-0.3, -0.25) is 9.10 Å². The van der Waals surface area contributed by atoms with Crippen LogP contribution in [0.2, 0.25) is 0 Å². The molecule has 9 heteroatoms. The minimum atomic E-state index is -3.74. The van der Waals surface area contributed by atoms with Crippen LogP contribution in [-0.4, -0.2) is 42.1 Å². The molecule has 8 nitrogen and oxygen atoms in total. The molecule has 33 heavy (non-hydrogen) atoms. The first kappa shape index (κ1) is 23.9. The Bertz CT molecular complexity index is 1200. The van der Waals surface area contributed by atoms with Crippen LogP contribution in [0.1, 0.15) is 5.56 Å². The van der Waals surface area contributed by atoms with Crippen molar-refractivity contribution in [2.45, 2.75) is 11.4 Å². The fourth-order valence-electron chi connectivity index (χ4n) is 3.14. The quantitative estimate of drug-likeness (QED) is 0.473. The van der Waals surface area contributed by atoms with Gasteiger partial charge in [0.15, 0.2) is 11.5 Å². The first-order valence-electron chi connectivity index (χ1n) is 10.2. The van der Waals surface area contributed by atoms with E-state index in [1.807, 2.05) is 12.1 Å². The topological polar surface area (TPSA) is 97.0 Å². The molecule has 174 valence electrons. The number of nitrogens with zero attached hydrogens (tertiary/aromatic N) is 1. The summed E-state index contributed by atoms with van der Waals surface area (Å²) in [5.41, 5.74) is 1.95. The highest BCUT2D eigenvalue weighted by Gasteiger charge is 2.21. The number of amides is 1. The van der Waals surface area contributed by atoms with Gasteiger partial charge in [-0.05, 0) is 48.0 Å². The van der Waals surface area contributed by atoms with E-state index in [2.05, 4.69) is 10.6 Å². The lowest BCUT2D eigenvalue weighted by atomic mass is 10.2. The van der Waals surface area contributed by atoms with E-state index in [1.165, 1.54) is 23.5 Å². The van der Waals surface area contributed by atoms with Gasteiger partial charge in [-0.15, -0.1) is 0 Å². The first-order chi connectivity index (χ1) is 15.8. The minimum Gasteiger partial charge on any atom is -0.493 e. The molecule has 0 aliphatic rings. The average Bonchev–Trinajstić information content (AvgIpc) is 2.86. The maximum Gasteiger partial charge on any atom is 0.264 e. The van der Waals surface area contributed by atoms with E-state index in [1.54, 1.807) is 62.8 Å². The third-order valence-corrected chi connectivity index (χ3v) is 6.78. The third-order valence-electron chi connectivity index (χ3n) is 5.00. The zero-order valence-corrected chi connectivity index (χ0v) is 19.6. The van der Waals surface area contributed by atoms with Crippen LogP contribution >= 0.6 is 0 Å². The van der Waals surface area contributed by atoms with Crippen LogP contribution in [-0.2, 0) is 21.4 Å². The zero-order chi connectivity index (χ0) is 23.8. The highest BCUT2D eigenvalue weighted by atomic mass is 32.2. The Morgan fingerprint density at radius 3 is 2.33 bits per heavy atom.